The fourth-order valence-corrected chi connectivity index (χ4v) is 3.26. The number of hydrogen-bond donors (Lipinski definition) is 2. The van der Waals surface area contributed by atoms with Gasteiger partial charge >= 0.3 is 0 Å². The van der Waals surface area contributed by atoms with Crippen LogP contribution in [0.3, 0.4) is 0 Å². The first-order valence-electron chi connectivity index (χ1n) is 9.26. The van der Waals surface area contributed by atoms with Crippen molar-refractivity contribution < 1.29 is 27.1 Å². The molecule has 1 aliphatic heterocycles. The van der Waals surface area contributed by atoms with Crippen molar-refractivity contribution in [2.45, 2.75) is 12.5 Å². The number of carbonyl (C=O) groups is 2. The summed E-state index contributed by atoms with van der Waals surface area (Å²) in [5.74, 6) is -1.40. The predicted molar refractivity (Wildman–Crippen MR) is 114 cm³/mol. The molecule has 1 heterocycles. The highest BCUT2D eigenvalue weighted by molar-refractivity contribution is 7.90. The van der Waals surface area contributed by atoms with Gasteiger partial charge in [-0.3, -0.25) is 14.6 Å². The van der Waals surface area contributed by atoms with Crippen LogP contribution in [0.25, 0.3) is 0 Å². The third-order valence-electron chi connectivity index (χ3n) is 4.41. The topological polar surface area (TPSA) is 131 Å². The number of anilines is 2. The SMILES string of the molecule is CS(=O)(=O)CCOc1cccc(NC(=O)C2=NN(c3ccc(F)cc3)C(C(N)=O)C2)c1. The van der Waals surface area contributed by atoms with E-state index in [-0.39, 0.29) is 24.5 Å². The molecule has 0 aromatic heterocycles. The number of carbonyl (C=O) groups excluding carboxylic acids is 2. The lowest BCUT2D eigenvalue weighted by Gasteiger charge is -2.20. The maximum absolute atomic E-state index is 13.2. The van der Waals surface area contributed by atoms with Gasteiger partial charge in [-0.25, -0.2) is 12.8 Å². The van der Waals surface area contributed by atoms with Crippen molar-refractivity contribution in [1.29, 1.82) is 0 Å². The molecule has 31 heavy (non-hydrogen) atoms. The van der Waals surface area contributed by atoms with Gasteiger partial charge in [0.15, 0.2) is 9.84 Å². The van der Waals surface area contributed by atoms with Crippen LogP contribution in [0, 0.1) is 5.82 Å². The Bertz CT molecular complexity index is 1120. The Hall–Kier alpha value is -3.47. The van der Waals surface area contributed by atoms with Gasteiger partial charge in [-0.15, -0.1) is 0 Å². The van der Waals surface area contributed by atoms with Crippen molar-refractivity contribution >= 4 is 38.7 Å². The minimum atomic E-state index is -3.15. The predicted octanol–water partition coefficient (Wildman–Crippen LogP) is 1.31. The van der Waals surface area contributed by atoms with Gasteiger partial charge in [0.05, 0.1) is 11.4 Å². The van der Waals surface area contributed by atoms with Gasteiger partial charge < -0.3 is 15.8 Å². The molecule has 164 valence electrons. The highest BCUT2D eigenvalue weighted by Gasteiger charge is 2.35. The second-order valence-electron chi connectivity index (χ2n) is 6.95. The standard InChI is InChI=1S/C20H21FN4O5S/c1-31(28,29)10-9-30-16-4-2-3-14(11-16)23-20(27)17-12-18(19(22)26)25(24-17)15-7-5-13(21)6-8-15/h2-8,11,18H,9-10,12H2,1H3,(H2,22,26)(H,23,27). The second-order valence-corrected chi connectivity index (χ2v) is 9.21. The molecule has 1 atom stereocenters. The average Bonchev–Trinajstić information content (AvgIpc) is 3.14. The van der Waals surface area contributed by atoms with E-state index in [4.69, 9.17) is 10.5 Å². The van der Waals surface area contributed by atoms with Gasteiger partial charge in [0.25, 0.3) is 5.91 Å². The number of rotatable bonds is 8. The van der Waals surface area contributed by atoms with Crippen LogP contribution in [0.5, 0.6) is 5.75 Å². The Labute approximate surface area is 178 Å². The van der Waals surface area contributed by atoms with Crippen LogP contribution < -0.4 is 20.8 Å². The number of primary amides is 1. The maximum atomic E-state index is 13.2. The second kappa shape index (κ2) is 9.13. The number of halogens is 1. The number of hydrogen-bond acceptors (Lipinski definition) is 7. The lowest BCUT2D eigenvalue weighted by atomic mass is 10.1. The molecule has 2 aromatic rings. The van der Waals surface area contributed by atoms with Crippen LogP contribution in [-0.4, -0.2) is 50.6 Å². The molecule has 0 aliphatic carbocycles. The zero-order chi connectivity index (χ0) is 22.6. The van der Waals surface area contributed by atoms with Crippen molar-refractivity contribution in [2.75, 3.05) is 28.9 Å². The summed E-state index contributed by atoms with van der Waals surface area (Å²) in [6.07, 6.45) is 1.10. The molecule has 0 saturated heterocycles. The molecule has 0 bridgehead atoms. The van der Waals surface area contributed by atoms with E-state index in [0.717, 1.165) is 6.26 Å². The lowest BCUT2D eigenvalue weighted by molar-refractivity contribution is -0.119. The quantitative estimate of drug-likeness (QED) is 0.626. The fourth-order valence-electron chi connectivity index (χ4n) is 2.88. The summed E-state index contributed by atoms with van der Waals surface area (Å²) in [5.41, 5.74) is 6.36. The largest absolute Gasteiger partial charge is 0.492 e. The summed E-state index contributed by atoms with van der Waals surface area (Å²) < 4.78 is 41.0. The van der Waals surface area contributed by atoms with Crippen LogP contribution in [0.2, 0.25) is 0 Å². The molecule has 11 heteroatoms. The Morgan fingerprint density at radius 3 is 2.61 bits per heavy atom. The van der Waals surface area contributed by atoms with Crippen molar-refractivity contribution in [3.05, 3.63) is 54.3 Å². The van der Waals surface area contributed by atoms with Gasteiger partial charge in [-0.2, -0.15) is 5.10 Å². The summed E-state index contributed by atoms with van der Waals surface area (Å²) in [7, 11) is -3.15. The molecule has 0 fully saturated rings. The first-order valence-corrected chi connectivity index (χ1v) is 11.3. The Morgan fingerprint density at radius 1 is 1.26 bits per heavy atom. The summed E-state index contributed by atoms with van der Waals surface area (Å²) in [6.45, 7) is -0.0180. The van der Waals surface area contributed by atoms with E-state index in [9.17, 15) is 22.4 Å². The average molecular weight is 448 g/mol. The number of amides is 2. The Balaban J connectivity index is 1.71. The molecule has 3 N–H and O–H groups in total. The smallest absolute Gasteiger partial charge is 0.271 e. The zero-order valence-corrected chi connectivity index (χ0v) is 17.4. The molecular formula is C20H21FN4O5S. The van der Waals surface area contributed by atoms with Crippen LogP contribution in [0.4, 0.5) is 15.8 Å². The van der Waals surface area contributed by atoms with Crippen molar-refractivity contribution in [3.8, 4) is 5.75 Å². The number of nitrogens with two attached hydrogens (primary N) is 1. The lowest BCUT2D eigenvalue weighted by Crippen LogP contribution is -2.39. The number of sulfone groups is 1. The van der Waals surface area contributed by atoms with E-state index in [0.29, 0.717) is 17.1 Å². The van der Waals surface area contributed by atoms with Gasteiger partial charge in [-0.1, -0.05) is 6.07 Å². The van der Waals surface area contributed by atoms with E-state index in [2.05, 4.69) is 10.4 Å². The van der Waals surface area contributed by atoms with Crippen molar-refractivity contribution in [2.24, 2.45) is 10.8 Å². The van der Waals surface area contributed by atoms with E-state index in [1.807, 2.05) is 0 Å². The van der Waals surface area contributed by atoms with Gasteiger partial charge in [0.2, 0.25) is 5.91 Å². The number of ether oxygens (including phenoxy) is 1. The van der Waals surface area contributed by atoms with E-state index >= 15 is 0 Å². The molecule has 0 saturated carbocycles. The van der Waals surface area contributed by atoms with Crippen LogP contribution in [0.1, 0.15) is 6.42 Å². The van der Waals surface area contributed by atoms with Crippen LogP contribution in [0.15, 0.2) is 53.6 Å². The fraction of sp³-hybridized carbons (Fsp3) is 0.250. The number of hydrazone groups is 1. The van der Waals surface area contributed by atoms with Gasteiger partial charge in [0.1, 0.15) is 29.9 Å². The molecule has 1 aliphatic rings. The van der Waals surface area contributed by atoms with E-state index < -0.39 is 33.5 Å². The first kappa shape index (κ1) is 22.2. The highest BCUT2D eigenvalue weighted by Crippen LogP contribution is 2.25. The van der Waals surface area contributed by atoms with Crippen LogP contribution >= 0.6 is 0 Å². The first-order chi connectivity index (χ1) is 14.6. The number of benzene rings is 2. The van der Waals surface area contributed by atoms with E-state index in [1.54, 1.807) is 24.3 Å². The molecule has 0 radical (unpaired) electrons. The molecule has 0 spiro atoms. The summed E-state index contributed by atoms with van der Waals surface area (Å²) >= 11 is 0. The maximum Gasteiger partial charge on any atom is 0.271 e. The number of nitrogens with zero attached hydrogens (tertiary/aromatic N) is 2. The molecular weight excluding hydrogens is 427 g/mol. The monoisotopic (exact) mass is 448 g/mol. The number of nitrogens with one attached hydrogen (secondary N) is 1. The summed E-state index contributed by atoms with van der Waals surface area (Å²) in [4.78, 5) is 24.5. The van der Waals surface area contributed by atoms with Gasteiger partial charge in [0, 0.05) is 24.4 Å². The molecule has 2 aromatic carbocycles. The van der Waals surface area contributed by atoms with Crippen LogP contribution in [-0.2, 0) is 19.4 Å². The molecule has 3 rings (SSSR count). The molecule has 9 nitrogen and oxygen atoms in total. The molecule has 2 amide bonds. The van der Waals surface area contributed by atoms with Crippen molar-refractivity contribution in [1.82, 2.24) is 0 Å². The Morgan fingerprint density at radius 2 is 1.97 bits per heavy atom. The highest BCUT2D eigenvalue weighted by atomic mass is 32.2. The van der Waals surface area contributed by atoms with Crippen molar-refractivity contribution in [3.63, 3.8) is 0 Å². The minimum Gasteiger partial charge on any atom is -0.492 e. The normalized spacial score (nSPS) is 16.0. The van der Waals surface area contributed by atoms with Gasteiger partial charge in [-0.05, 0) is 36.4 Å². The summed E-state index contributed by atoms with van der Waals surface area (Å²) in [5, 5.41) is 8.16. The molecule has 1 unspecified atom stereocenters. The Kier molecular flexibility index (Phi) is 6.54. The third-order valence-corrected chi connectivity index (χ3v) is 5.32. The zero-order valence-electron chi connectivity index (χ0n) is 16.6. The van der Waals surface area contributed by atoms with E-state index in [1.165, 1.54) is 29.3 Å². The minimum absolute atomic E-state index is 0.0108. The third kappa shape index (κ3) is 6.01. The summed E-state index contributed by atoms with van der Waals surface area (Å²) in [6, 6.07) is 10.9.